The van der Waals surface area contributed by atoms with Gasteiger partial charge in [0, 0.05) is 25.7 Å². The summed E-state index contributed by atoms with van der Waals surface area (Å²) >= 11 is 0. The van der Waals surface area contributed by atoms with Crippen LogP contribution in [-0.2, 0) is 4.79 Å². The molecule has 0 heterocycles. The molecule has 1 amide bonds. The maximum Gasteiger partial charge on any atom is 0.236 e. The number of carbonyl (C=O) groups is 1. The summed E-state index contributed by atoms with van der Waals surface area (Å²) in [5, 5.41) is 6.27. The molecular formula is C15H31N3O. The monoisotopic (exact) mass is 269 g/mol. The third-order valence-electron chi connectivity index (χ3n) is 3.94. The van der Waals surface area contributed by atoms with E-state index in [-0.39, 0.29) is 11.9 Å². The summed E-state index contributed by atoms with van der Waals surface area (Å²) in [6.45, 7) is 8.80. The Morgan fingerprint density at radius 1 is 1.26 bits per heavy atom. The van der Waals surface area contributed by atoms with E-state index in [2.05, 4.69) is 36.4 Å². The number of hydrogen-bond donors (Lipinski definition) is 2. The minimum Gasteiger partial charge on any atom is -0.354 e. The molecule has 1 atom stereocenters. The third kappa shape index (κ3) is 6.39. The Morgan fingerprint density at radius 2 is 1.89 bits per heavy atom. The average molecular weight is 269 g/mol. The van der Waals surface area contributed by atoms with Crippen molar-refractivity contribution >= 4 is 5.91 Å². The van der Waals surface area contributed by atoms with E-state index in [1.807, 2.05) is 6.92 Å². The first-order valence-corrected chi connectivity index (χ1v) is 7.72. The molecule has 0 aliphatic heterocycles. The molecule has 4 nitrogen and oxygen atoms in total. The molecule has 4 heteroatoms. The van der Waals surface area contributed by atoms with Crippen LogP contribution in [0.3, 0.4) is 0 Å². The van der Waals surface area contributed by atoms with Crippen LogP contribution in [0.2, 0.25) is 0 Å². The molecule has 0 aromatic carbocycles. The van der Waals surface area contributed by atoms with Gasteiger partial charge < -0.3 is 15.5 Å². The molecule has 1 unspecified atom stereocenters. The van der Waals surface area contributed by atoms with Crippen molar-refractivity contribution < 1.29 is 4.79 Å². The Kier molecular flexibility index (Phi) is 7.39. The predicted molar refractivity (Wildman–Crippen MR) is 80.2 cm³/mol. The van der Waals surface area contributed by atoms with Gasteiger partial charge in [-0.15, -0.1) is 0 Å². The van der Waals surface area contributed by atoms with Crippen LogP contribution >= 0.6 is 0 Å². The molecule has 1 rings (SSSR count). The van der Waals surface area contributed by atoms with Gasteiger partial charge in [-0.3, -0.25) is 4.79 Å². The number of nitrogens with zero attached hydrogens (tertiary/aromatic N) is 1. The lowest BCUT2D eigenvalue weighted by Gasteiger charge is -2.25. The van der Waals surface area contributed by atoms with Gasteiger partial charge >= 0.3 is 0 Å². The number of nitrogens with one attached hydrogen (secondary N) is 2. The van der Waals surface area contributed by atoms with Crippen molar-refractivity contribution in [3.8, 4) is 0 Å². The minimum atomic E-state index is -0.101. The van der Waals surface area contributed by atoms with Gasteiger partial charge in [0.15, 0.2) is 0 Å². The second-order valence-electron chi connectivity index (χ2n) is 6.23. The number of rotatable bonds is 8. The second-order valence-corrected chi connectivity index (χ2v) is 6.23. The molecule has 0 radical (unpaired) electrons. The van der Waals surface area contributed by atoms with Gasteiger partial charge in [-0.05, 0) is 32.7 Å². The molecule has 19 heavy (non-hydrogen) atoms. The molecule has 0 spiro atoms. The SMILES string of the molecule is CC(C)CNC(=O)C(C)NCCN(C)C1CCCC1. The first-order chi connectivity index (χ1) is 9.00. The first-order valence-electron chi connectivity index (χ1n) is 7.72. The Balaban J connectivity index is 2.11. The van der Waals surface area contributed by atoms with Gasteiger partial charge in [0.05, 0.1) is 6.04 Å². The van der Waals surface area contributed by atoms with E-state index in [4.69, 9.17) is 0 Å². The third-order valence-corrected chi connectivity index (χ3v) is 3.94. The Hall–Kier alpha value is -0.610. The first kappa shape index (κ1) is 16.4. The molecule has 1 aliphatic carbocycles. The molecule has 2 N–H and O–H groups in total. The van der Waals surface area contributed by atoms with Crippen molar-refractivity contribution in [3.63, 3.8) is 0 Å². The number of likely N-dealkylation sites (N-methyl/N-ethyl adjacent to an activating group) is 1. The van der Waals surface area contributed by atoms with E-state index < -0.39 is 0 Å². The van der Waals surface area contributed by atoms with Gasteiger partial charge in [0.2, 0.25) is 5.91 Å². The van der Waals surface area contributed by atoms with Crippen LogP contribution in [0.1, 0.15) is 46.5 Å². The van der Waals surface area contributed by atoms with E-state index in [1.165, 1.54) is 25.7 Å². The lowest BCUT2D eigenvalue weighted by atomic mass is 10.2. The highest BCUT2D eigenvalue weighted by molar-refractivity contribution is 5.81. The summed E-state index contributed by atoms with van der Waals surface area (Å²) in [6.07, 6.45) is 5.41. The molecular weight excluding hydrogens is 238 g/mol. The van der Waals surface area contributed by atoms with Crippen molar-refractivity contribution in [2.75, 3.05) is 26.7 Å². The van der Waals surface area contributed by atoms with E-state index in [9.17, 15) is 4.79 Å². The highest BCUT2D eigenvalue weighted by Crippen LogP contribution is 2.21. The normalized spacial score (nSPS) is 18.2. The standard InChI is InChI=1S/C15H31N3O/c1-12(2)11-17-15(19)13(3)16-9-10-18(4)14-7-5-6-8-14/h12-14,16H,5-11H2,1-4H3,(H,17,19). The zero-order chi connectivity index (χ0) is 14.3. The molecule has 1 saturated carbocycles. The fourth-order valence-electron chi connectivity index (χ4n) is 2.54. The number of carbonyl (C=O) groups excluding carboxylic acids is 1. The number of amides is 1. The molecule has 112 valence electrons. The van der Waals surface area contributed by atoms with Crippen LogP contribution in [0.15, 0.2) is 0 Å². The van der Waals surface area contributed by atoms with Crippen molar-refractivity contribution in [1.82, 2.24) is 15.5 Å². The Morgan fingerprint density at radius 3 is 2.47 bits per heavy atom. The molecule has 1 fully saturated rings. The van der Waals surface area contributed by atoms with Crippen LogP contribution < -0.4 is 10.6 Å². The fraction of sp³-hybridized carbons (Fsp3) is 0.933. The quantitative estimate of drug-likeness (QED) is 0.704. The smallest absolute Gasteiger partial charge is 0.236 e. The topological polar surface area (TPSA) is 44.4 Å². The van der Waals surface area contributed by atoms with Gasteiger partial charge in [0.25, 0.3) is 0 Å². The summed E-state index contributed by atoms with van der Waals surface area (Å²) in [4.78, 5) is 14.2. The lowest BCUT2D eigenvalue weighted by molar-refractivity contribution is -0.122. The van der Waals surface area contributed by atoms with Gasteiger partial charge in [-0.2, -0.15) is 0 Å². The average Bonchev–Trinajstić information content (AvgIpc) is 2.89. The van der Waals surface area contributed by atoms with Gasteiger partial charge in [-0.1, -0.05) is 26.7 Å². The van der Waals surface area contributed by atoms with Crippen LogP contribution in [0.5, 0.6) is 0 Å². The molecule has 0 saturated heterocycles. The maximum atomic E-state index is 11.8. The van der Waals surface area contributed by atoms with Crippen LogP contribution in [0, 0.1) is 5.92 Å². The van der Waals surface area contributed by atoms with Gasteiger partial charge in [0.1, 0.15) is 0 Å². The lowest BCUT2D eigenvalue weighted by Crippen LogP contribution is -2.46. The molecule has 1 aliphatic rings. The zero-order valence-electron chi connectivity index (χ0n) is 13.0. The van der Waals surface area contributed by atoms with E-state index in [0.29, 0.717) is 5.92 Å². The van der Waals surface area contributed by atoms with Crippen LogP contribution in [-0.4, -0.2) is 49.6 Å². The Labute approximate surface area is 118 Å². The fourth-order valence-corrected chi connectivity index (χ4v) is 2.54. The van der Waals surface area contributed by atoms with Crippen molar-refractivity contribution in [2.24, 2.45) is 5.92 Å². The van der Waals surface area contributed by atoms with E-state index in [0.717, 1.165) is 25.7 Å². The molecule has 0 bridgehead atoms. The summed E-state index contributed by atoms with van der Waals surface area (Å²) in [6, 6.07) is 0.655. The largest absolute Gasteiger partial charge is 0.354 e. The zero-order valence-corrected chi connectivity index (χ0v) is 13.0. The summed E-state index contributed by atoms with van der Waals surface area (Å²) in [7, 11) is 2.20. The van der Waals surface area contributed by atoms with Gasteiger partial charge in [-0.25, -0.2) is 0 Å². The minimum absolute atomic E-state index is 0.101. The van der Waals surface area contributed by atoms with Crippen LogP contribution in [0.4, 0.5) is 0 Å². The van der Waals surface area contributed by atoms with Crippen molar-refractivity contribution in [1.29, 1.82) is 0 Å². The molecule has 0 aromatic rings. The van der Waals surface area contributed by atoms with E-state index in [1.54, 1.807) is 0 Å². The van der Waals surface area contributed by atoms with Crippen molar-refractivity contribution in [3.05, 3.63) is 0 Å². The summed E-state index contributed by atoms with van der Waals surface area (Å²) in [5.74, 6) is 0.613. The number of hydrogen-bond acceptors (Lipinski definition) is 3. The van der Waals surface area contributed by atoms with Crippen LogP contribution in [0.25, 0.3) is 0 Å². The van der Waals surface area contributed by atoms with E-state index >= 15 is 0 Å². The Bertz CT molecular complexity index is 262. The predicted octanol–water partition coefficient (Wildman–Crippen LogP) is 1.61. The maximum absolute atomic E-state index is 11.8. The molecule has 0 aromatic heterocycles. The highest BCUT2D eigenvalue weighted by atomic mass is 16.2. The summed E-state index contributed by atoms with van der Waals surface area (Å²) < 4.78 is 0. The highest BCUT2D eigenvalue weighted by Gasteiger charge is 2.19. The summed E-state index contributed by atoms with van der Waals surface area (Å²) in [5.41, 5.74) is 0. The second kappa shape index (κ2) is 8.54. The van der Waals surface area contributed by atoms with Crippen molar-refractivity contribution in [2.45, 2.75) is 58.5 Å².